The fourth-order valence-electron chi connectivity index (χ4n) is 5.01. The molecule has 1 saturated heterocycles. The number of aromatic nitrogens is 3. The molecule has 2 fully saturated rings. The average molecular weight is 456 g/mol. The number of carbonyl (C=O) groups is 1. The number of amides is 1. The molecule has 1 amide bonds. The number of halogens is 2. The first-order chi connectivity index (χ1) is 16.0. The molecule has 5 rings (SSSR count). The lowest BCUT2D eigenvalue weighted by Gasteiger charge is -2.28. The van der Waals surface area contributed by atoms with E-state index in [0.717, 1.165) is 44.2 Å². The summed E-state index contributed by atoms with van der Waals surface area (Å²) >= 11 is 0. The highest BCUT2D eigenvalue weighted by Gasteiger charge is 2.30. The smallest absolute Gasteiger partial charge is 0.328 e. The minimum Gasteiger partial charge on any atom is -0.381 e. The minimum absolute atomic E-state index is 0.0865. The number of ether oxygens (including phenoxy) is 1. The Hall–Kier alpha value is -3.07. The topological polar surface area (TPSA) is 72.3 Å². The van der Waals surface area contributed by atoms with Gasteiger partial charge in [-0.05, 0) is 68.9 Å². The van der Waals surface area contributed by atoms with E-state index in [2.05, 4.69) is 10.3 Å². The highest BCUT2D eigenvalue weighted by molar-refractivity contribution is 5.87. The maximum Gasteiger partial charge on any atom is 0.328 e. The van der Waals surface area contributed by atoms with E-state index >= 15 is 0 Å². The third-order valence-electron chi connectivity index (χ3n) is 6.80. The Morgan fingerprint density at radius 3 is 2.73 bits per heavy atom. The van der Waals surface area contributed by atoms with Crippen LogP contribution in [0.15, 0.2) is 36.7 Å². The molecule has 9 heteroatoms. The van der Waals surface area contributed by atoms with Gasteiger partial charge in [-0.15, -0.1) is 0 Å². The second kappa shape index (κ2) is 9.05. The van der Waals surface area contributed by atoms with Gasteiger partial charge in [0.2, 0.25) is 0 Å². The minimum atomic E-state index is -0.462. The molecule has 3 heterocycles. The summed E-state index contributed by atoms with van der Waals surface area (Å²) in [6, 6.07) is 6.68. The van der Waals surface area contributed by atoms with Crippen molar-refractivity contribution in [3.05, 3.63) is 53.9 Å². The predicted molar refractivity (Wildman–Crippen MR) is 120 cm³/mol. The fourth-order valence-corrected chi connectivity index (χ4v) is 5.01. The molecule has 1 saturated carbocycles. The number of anilines is 1. The molecule has 174 valence electrons. The summed E-state index contributed by atoms with van der Waals surface area (Å²) in [7, 11) is 1.72. The Labute approximate surface area is 190 Å². The van der Waals surface area contributed by atoms with E-state index in [1.54, 1.807) is 7.11 Å². The van der Waals surface area contributed by atoms with Gasteiger partial charge in [-0.3, -0.25) is 0 Å². The van der Waals surface area contributed by atoms with Crippen LogP contribution in [0.25, 0.3) is 11.2 Å². The van der Waals surface area contributed by atoms with Crippen molar-refractivity contribution < 1.29 is 18.3 Å². The molecule has 1 aliphatic heterocycles. The molecule has 7 nitrogen and oxygen atoms in total. The van der Waals surface area contributed by atoms with Crippen molar-refractivity contribution >= 4 is 23.0 Å². The summed E-state index contributed by atoms with van der Waals surface area (Å²) in [6.07, 6.45) is 6.84. The zero-order chi connectivity index (χ0) is 22.9. The molecule has 0 bridgehead atoms. The predicted octanol–water partition coefficient (Wildman–Crippen LogP) is 4.57. The van der Waals surface area contributed by atoms with Crippen LogP contribution in [0, 0.1) is 11.6 Å². The van der Waals surface area contributed by atoms with Gasteiger partial charge in [-0.2, -0.15) is 0 Å². The van der Waals surface area contributed by atoms with Gasteiger partial charge in [-0.1, -0.05) is 0 Å². The summed E-state index contributed by atoms with van der Waals surface area (Å²) in [6.45, 7) is 0.669. The Kier molecular flexibility index (Phi) is 5.97. The van der Waals surface area contributed by atoms with Crippen LogP contribution in [0.3, 0.4) is 0 Å². The lowest BCUT2D eigenvalue weighted by molar-refractivity contribution is 0.0636. The normalized spacial score (nSPS) is 23.2. The molecule has 1 aliphatic carbocycles. The van der Waals surface area contributed by atoms with Gasteiger partial charge in [0.15, 0.2) is 5.65 Å². The SMILES string of the molecule is COC1CCC(NC(=O)n2cnc3ccc(N4CCC[C@@H]4c4cc(F)ccc4F)nc32)CC1. The summed E-state index contributed by atoms with van der Waals surface area (Å²) in [5, 5.41) is 3.08. The maximum atomic E-state index is 14.5. The molecule has 1 atom stereocenters. The second-order valence-electron chi connectivity index (χ2n) is 8.80. The fraction of sp³-hybridized carbons (Fsp3) is 0.458. The van der Waals surface area contributed by atoms with Crippen molar-refractivity contribution in [1.29, 1.82) is 0 Å². The van der Waals surface area contributed by atoms with Crippen LogP contribution in [0.1, 0.15) is 50.1 Å². The lowest BCUT2D eigenvalue weighted by Crippen LogP contribution is -2.40. The zero-order valence-electron chi connectivity index (χ0n) is 18.5. The van der Waals surface area contributed by atoms with E-state index in [1.807, 2.05) is 17.0 Å². The number of rotatable bonds is 4. The van der Waals surface area contributed by atoms with Crippen molar-refractivity contribution in [3.63, 3.8) is 0 Å². The van der Waals surface area contributed by atoms with Crippen molar-refractivity contribution in [1.82, 2.24) is 19.9 Å². The van der Waals surface area contributed by atoms with Crippen LogP contribution in [0.5, 0.6) is 0 Å². The molecule has 2 aromatic heterocycles. The molecule has 1 aromatic carbocycles. The molecule has 0 spiro atoms. The zero-order valence-corrected chi connectivity index (χ0v) is 18.5. The lowest BCUT2D eigenvalue weighted by atomic mass is 9.93. The van der Waals surface area contributed by atoms with Gasteiger partial charge in [0.1, 0.15) is 29.3 Å². The Bertz CT molecular complexity index is 1160. The van der Waals surface area contributed by atoms with E-state index in [0.29, 0.717) is 35.5 Å². The molecule has 0 unspecified atom stereocenters. The van der Waals surface area contributed by atoms with E-state index in [1.165, 1.54) is 17.0 Å². The number of carbonyl (C=O) groups excluding carboxylic acids is 1. The standard InChI is InChI=1S/C24H27F2N5O2/c1-33-17-7-5-16(6-8-17)28-24(32)31-14-27-20-10-11-22(29-23(20)31)30-12-2-3-21(30)18-13-15(25)4-9-19(18)26/h4,9-11,13-14,16-17,21H,2-3,5-8,12H2,1H3,(H,28,32)/t16?,17?,21-/m1/s1. The molecule has 0 radical (unpaired) electrons. The number of imidazole rings is 1. The van der Waals surface area contributed by atoms with Gasteiger partial charge in [0.25, 0.3) is 0 Å². The summed E-state index contributed by atoms with van der Waals surface area (Å²) in [5.41, 5.74) is 1.37. The molecule has 3 aromatic rings. The molecular formula is C24H27F2N5O2. The van der Waals surface area contributed by atoms with Crippen LogP contribution in [-0.2, 0) is 4.74 Å². The molecule has 1 N–H and O–H groups in total. The number of hydrogen-bond donors (Lipinski definition) is 1. The first-order valence-corrected chi connectivity index (χ1v) is 11.4. The number of nitrogens with one attached hydrogen (secondary N) is 1. The van der Waals surface area contributed by atoms with Crippen LogP contribution >= 0.6 is 0 Å². The Morgan fingerprint density at radius 2 is 1.94 bits per heavy atom. The molecular weight excluding hydrogens is 428 g/mol. The van der Waals surface area contributed by atoms with Gasteiger partial charge in [-0.25, -0.2) is 28.1 Å². The highest BCUT2D eigenvalue weighted by atomic mass is 19.1. The van der Waals surface area contributed by atoms with Crippen LogP contribution in [0.4, 0.5) is 19.4 Å². The van der Waals surface area contributed by atoms with Gasteiger partial charge < -0.3 is 15.0 Å². The Balaban J connectivity index is 1.39. The van der Waals surface area contributed by atoms with Gasteiger partial charge >= 0.3 is 6.03 Å². The van der Waals surface area contributed by atoms with E-state index in [9.17, 15) is 13.6 Å². The van der Waals surface area contributed by atoms with Crippen LogP contribution in [0.2, 0.25) is 0 Å². The third kappa shape index (κ3) is 4.29. The first-order valence-electron chi connectivity index (χ1n) is 11.4. The number of fused-ring (bicyclic) bond motifs is 1. The molecule has 2 aliphatic rings. The van der Waals surface area contributed by atoms with E-state index in [4.69, 9.17) is 9.72 Å². The third-order valence-corrected chi connectivity index (χ3v) is 6.80. The maximum absolute atomic E-state index is 14.5. The monoisotopic (exact) mass is 455 g/mol. The highest BCUT2D eigenvalue weighted by Crippen LogP contribution is 2.37. The first kappa shape index (κ1) is 21.8. The number of hydrogen-bond acceptors (Lipinski definition) is 5. The van der Waals surface area contributed by atoms with Crippen LogP contribution < -0.4 is 10.2 Å². The number of pyridine rings is 1. The number of nitrogens with zero attached hydrogens (tertiary/aromatic N) is 4. The molecule has 33 heavy (non-hydrogen) atoms. The number of benzene rings is 1. The van der Waals surface area contributed by atoms with E-state index in [-0.39, 0.29) is 24.2 Å². The summed E-state index contributed by atoms with van der Waals surface area (Å²) < 4.78 is 35.1. The Morgan fingerprint density at radius 1 is 1.12 bits per heavy atom. The van der Waals surface area contributed by atoms with Crippen molar-refractivity contribution in [2.24, 2.45) is 0 Å². The quantitative estimate of drug-likeness (QED) is 0.624. The van der Waals surface area contributed by atoms with Crippen molar-refractivity contribution in [2.45, 2.75) is 56.7 Å². The van der Waals surface area contributed by atoms with Crippen molar-refractivity contribution in [3.8, 4) is 0 Å². The second-order valence-corrected chi connectivity index (χ2v) is 8.80. The van der Waals surface area contributed by atoms with Gasteiger partial charge in [0.05, 0.1) is 12.1 Å². The summed E-state index contributed by atoms with van der Waals surface area (Å²) in [4.78, 5) is 24.0. The largest absolute Gasteiger partial charge is 0.381 e. The van der Waals surface area contributed by atoms with E-state index < -0.39 is 11.6 Å². The van der Waals surface area contributed by atoms with Gasteiger partial charge in [0, 0.05) is 25.3 Å². The average Bonchev–Trinajstić information content (AvgIpc) is 3.48. The number of methoxy groups -OCH3 is 1. The van der Waals surface area contributed by atoms with Crippen LogP contribution in [-0.4, -0.2) is 46.4 Å². The summed E-state index contributed by atoms with van der Waals surface area (Å²) in [5.74, 6) is -0.276. The van der Waals surface area contributed by atoms with Crippen molar-refractivity contribution in [2.75, 3.05) is 18.6 Å².